The molecule has 14 heavy (non-hydrogen) atoms. The summed E-state index contributed by atoms with van der Waals surface area (Å²) < 4.78 is 9.98. The van der Waals surface area contributed by atoms with E-state index in [9.17, 15) is 15.3 Å². The molecule has 5 atom stereocenters. The molecule has 1 fully saturated rings. The van der Waals surface area contributed by atoms with E-state index in [1.165, 1.54) is 7.11 Å². The maximum Gasteiger partial charge on any atom is 0.160 e. The van der Waals surface area contributed by atoms with Crippen molar-refractivity contribution in [3.05, 3.63) is 0 Å². The Balaban J connectivity index is 2.71. The van der Waals surface area contributed by atoms with Crippen LogP contribution in [0.25, 0.3) is 0 Å². The smallest absolute Gasteiger partial charge is 0.160 e. The summed E-state index contributed by atoms with van der Waals surface area (Å²) in [5.41, 5.74) is 0. The van der Waals surface area contributed by atoms with Gasteiger partial charge in [0.1, 0.15) is 18.3 Å². The zero-order chi connectivity index (χ0) is 10.7. The van der Waals surface area contributed by atoms with Crippen molar-refractivity contribution in [3.8, 4) is 0 Å². The first-order valence-corrected chi connectivity index (χ1v) is 4.43. The number of aliphatic hydroxyl groups excluding tert-OH is 4. The lowest BCUT2D eigenvalue weighted by molar-refractivity contribution is -0.185. The minimum Gasteiger partial charge on any atom is -0.394 e. The molecule has 1 heterocycles. The predicted octanol–water partition coefficient (Wildman–Crippen LogP) is -2.18. The molecule has 0 amide bonds. The lowest BCUT2D eigenvalue weighted by Crippen LogP contribution is -2.44. The van der Waals surface area contributed by atoms with Gasteiger partial charge in [0.05, 0.1) is 12.7 Å². The van der Waals surface area contributed by atoms with Crippen molar-refractivity contribution in [3.63, 3.8) is 0 Å². The molecule has 0 saturated carbocycles. The summed E-state index contributed by atoms with van der Waals surface area (Å²) in [7, 11) is 1.38. The summed E-state index contributed by atoms with van der Waals surface area (Å²) in [5.74, 6) is 0. The number of rotatable bonds is 2. The van der Waals surface area contributed by atoms with Crippen LogP contribution in [0.2, 0.25) is 0 Å². The number of hydrogen-bond acceptors (Lipinski definition) is 6. The first-order chi connectivity index (χ1) is 6.60. The Morgan fingerprint density at radius 1 is 1.29 bits per heavy atom. The van der Waals surface area contributed by atoms with E-state index in [1.54, 1.807) is 0 Å². The van der Waals surface area contributed by atoms with Crippen LogP contribution < -0.4 is 0 Å². The summed E-state index contributed by atoms with van der Waals surface area (Å²) in [6.07, 6.45) is -5.36. The first kappa shape index (κ1) is 11.8. The van der Waals surface area contributed by atoms with Crippen molar-refractivity contribution in [2.45, 2.75) is 37.1 Å². The Morgan fingerprint density at radius 2 is 1.93 bits per heavy atom. The molecule has 1 aliphatic heterocycles. The number of methoxy groups -OCH3 is 1. The van der Waals surface area contributed by atoms with E-state index in [4.69, 9.17) is 14.6 Å². The van der Waals surface area contributed by atoms with Crippen LogP contribution in [0.3, 0.4) is 0 Å². The van der Waals surface area contributed by atoms with E-state index in [0.717, 1.165) is 0 Å². The second-order valence-electron chi connectivity index (χ2n) is 3.31. The molecule has 0 bridgehead atoms. The van der Waals surface area contributed by atoms with Crippen molar-refractivity contribution in [1.82, 2.24) is 0 Å². The van der Waals surface area contributed by atoms with Crippen LogP contribution in [0.15, 0.2) is 0 Å². The van der Waals surface area contributed by atoms with Crippen LogP contribution in [0.4, 0.5) is 0 Å². The third-order valence-corrected chi connectivity index (χ3v) is 2.33. The van der Waals surface area contributed by atoms with Crippen molar-refractivity contribution in [1.29, 1.82) is 0 Å². The molecule has 0 aromatic rings. The molecule has 1 aliphatic rings. The van der Waals surface area contributed by atoms with Gasteiger partial charge in [-0.1, -0.05) is 0 Å². The minimum atomic E-state index is -1.33. The number of aliphatic hydroxyl groups is 4. The van der Waals surface area contributed by atoms with Gasteiger partial charge < -0.3 is 29.9 Å². The fourth-order valence-electron chi connectivity index (χ4n) is 1.42. The van der Waals surface area contributed by atoms with Crippen LogP contribution in [-0.2, 0) is 9.47 Å². The Bertz CT molecular complexity index is 175. The second-order valence-corrected chi connectivity index (χ2v) is 3.31. The third kappa shape index (κ3) is 2.41. The lowest BCUT2D eigenvalue weighted by atomic mass is 10.0. The SMILES string of the molecule is CO[C@H]1C[C@H](O)[C@@H](O)[C@H](O)[C@@H](CO)O1. The first-order valence-electron chi connectivity index (χ1n) is 4.43. The van der Waals surface area contributed by atoms with Crippen LogP contribution >= 0.6 is 0 Å². The van der Waals surface area contributed by atoms with E-state index < -0.39 is 37.3 Å². The summed E-state index contributed by atoms with van der Waals surface area (Å²) in [4.78, 5) is 0. The summed E-state index contributed by atoms with van der Waals surface area (Å²) >= 11 is 0. The van der Waals surface area contributed by atoms with Crippen molar-refractivity contribution in [2.75, 3.05) is 13.7 Å². The quantitative estimate of drug-likeness (QED) is 0.412. The molecule has 0 aromatic carbocycles. The molecule has 0 spiro atoms. The van der Waals surface area contributed by atoms with E-state index in [2.05, 4.69) is 0 Å². The van der Waals surface area contributed by atoms with Crippen molar-refractivity contribution < 1.29 is 29.9 Å². The lowest BCUT2D eigenvalue weighted by Gasteiger charge is -2.23. The molecule has 84 valence electrons. The zero-order valence-electron chi connectivity index (χ0n) is 7.91. The van der Waals surface area contributed by atoms with Gasteiger partial charge in [-0.3, -0.25) is 0 Å². The Morgan fingerprint density at radius 3 is 2.43 bits per heavy atom. The maximum atomic E-state index is 9.45. The average molecular weight is 208 g/mol. The fraction of sp³-hybridized carbons (Fsp3) is 1.00. The molecule has 0 aliphatic carbocycles. The average Bonchev–Trinajstić information content (AvgIpc) is 2.30. The van der Waals surface area contributed by atoms with E-state index in [-0.39, 0.29) is 6.42 Å². The Labute approximate surface area is 81.7 Å². The van der Waals surface area contributed by atoms with Crippen molar-refractivity contribution in [2.24, 2.45) is 0 Å². The number of ether oxygens (including phenoxy) is 2. The predicted molar refractivity (Wildman–Crippen MR) is 45.4 cm³/mol. The molecule has 0 radical (unpaired) electrons. The maximum absolute atomic E-state index is 9.45. The minimum absolute atomic E-state index is 0.0607. The van der Waals surface area contributed by atoms with Crippen LogP contribution in [0, 0.1) is 0 Å². The fourth-order valence-corrected chi connectivity index (χ4v) is 1.42. The largest absolute Gasteiger partial charge is 0.394 e. The monoisotopic (exact) mass is 208 g/mol. The van der Waals surface area contributed by atoms with Crippen LogP contribution in [0.1, 0.15) is 6.42 Å². The highest BCUT2D eigenvalue weighted by Crippen LogP contribution is 2.20. The van der Waals surface area contributed by atoms with Gasteiger partial charge in [-0.2, -0.15) is 0 Å². The summed E-state index contributed by atoms with van der Waals surface area (Å²) in [6, 6.07) is 0. The van der Waals surface area contributed by atoms with Gasteiger partial charge in [-0.05, 0) is 0 Å². The van der Waals surface area contributed by atoms with Gasteiger partial charge >= 0.3 is 0 Å². The molecule has 6 heteroatoms. The summed E-state index contributed by atoms with van der Waals surface area (Å²) in [5, 5.41) is 37.1. The van der Waals surface area contributed by atoms with Crippen LogP contribution in [0.5, 0.6) is 0 Å². The second kappa shape index (κ2) is 5.01. The Kier molecular flexibility index (Phi) is 4.24. The van der Waals surface area contributed by atoms with E-state index in [0.29, 0.717) is 0 Å². The highest BCUT2D eigenvalue weighted by molar-refractivity contribution is 4.85. The zero-order valence-corrected chi connectivity index (χ0v) is 7.91. The normalized spacial score (nSPS) is 44.8. The van der Waals surface area contributed by atoms with Gasteiger partial charge in [-0.25, -0.2) is 0 Å². The van der Waals surface area contributed by atoms with E-state index >= 15 is 0 Å². The number of hydrogen-bond donors (Lipinski definition) is 4. The molecule has 0 aromatic heterocycles. The highest BCUT2D eigenvalue weighted by atomic mass is 16.7. The molecular formula is C8H16O6. The molecular weight excluding hydrogens is 192 g/mol. The molecule has 6 nitrogen and oxygen atoms in total. The molecule has 1 rings (SSSR count). The molecule has 4 N–H and O–H groups in total. The van der Waals surface area contributed by atoms with Gasteiger partial charge in [0.2, 0.25) is 0 Å². The van der Waals surface area contributed by atoms with Crippen LogP contribution in [-0.4, -0.2) is 64.8 Å². The topological polar surface area (TPSA) is 99.4 Å². The third-order valence-electron chi connectivity index (χ3n) is 2.33. The van der Waals surface area contributed by atoms with Gasteiger partial charge in [-0.15, -0.1) is 0 Å². The standard InChI is InChI=1S/C8H16O6/c1-13-6-2-4(10)7(11)8(12)5(3-9)14-6/h4-12H,2-3H2,1H3/t4-,5+,6+,7+,8+/m0/s1. The van der Waals surface area contributed by atoms with Crippen molar-refractivity contribution >= 4 is 0 Å². The summed E-state index contributed by atoms with van der Waals surface area (Å²) in [6.45, 7) is -0.440. The van der Waals surface area contributed by atoms with E-state index in [1.807, 2.05) is 0 Å². The molecule has 0 unspecified atom stereocenters. The van der Waals surface area contributed by atoms with Gasteiger partial charge in [0.15, 0.2) is 6.29 Å². The Hall–Kier alpha value is -0.240. The molecule has 1 saturated heterocycles. The van der Waals surface area contributed by atoms with Gasteiger partial charge in [0, 0.05) is 13.5 Å². The highest BCUT2D eigenvalue weighted by Gasteiger charge is 2.38. The van der Waals surface area contributed by atoms with Gasteiger partial charge in [0.25, 0.3) is 0 Å².